The Kier molecular flexibility index (Phi) is 3.65. The molecule has 4 nitrogen and oxygen atoms in total. The van der Waals surface area contributed by atoms with Crippen LogP contribution in [0.4, 0.5) is 0 Å². The van der Waals surface area contributed by atoms with E-state index in [1.54, 1.807) is 11.8 Å². The fourth-order valence-electron chi connectivity index (χ4n) is 2.16. The Hall–Kier alpha value is -1.84. The van der Waals surface area contributed by atoms with E-state index in [1.165, 1.54) is 0 Å². The van der Waals surface area contributed by atoms with Crippen LogP contribution < -0.4 is 5.32 Å². The number of benzene rings is 1. The molecule has 96 valence electrons. The SMILES string of the molecule is CC[C@H]1NC(=O)C(C)N(Cc2ccccc2)C1=O. The van der Waals surface area contributed by atoms with Crippen molar-refractivity contribution in [1.29, 1.82) is 0 Å². The maximum absolute atomic E-state index is 12.2. The first-order valence-electron chi connectivity index (χ1n) is 6.28. The molecule has 4 heteroatoms. The third-order valence-corrected chi connectivity index (χ3v) is 3.35. The number of amides is 2. The number of piperazine rings is 1. The van der Waals surface area contributed by atoms with Crippen molar-refractivity contribution in [1.82, 2.24) is 10.2 Å². The number of nitrogens with zero attached hydrogens (tertiary/aromatic N) is 1. The Morgan fingerprint density at radius 1 is 1.22 bits per heavy atom. The first kappa shape index (κ1) is 12.6. The van der Waals surface area contributed by atoms with Crippen LogP contribution in [-0.4, -0.2) is 28.8 Å². The van der Waals surface area contributed by atoms with Crippen molar-refractivity contribution in [2.45, 2.75) is 38.9 Å². The van der Waals surface area contributed by atoms with Crippen LogP contribution in [0.5, 0.6) is 0 Å². The minimum Gasteiger partial charge on any atom is -0.343 e. The first-order valence-corrected chi connectivity index (χ1v) is 6.28. The van der Waals surface area contributed by atoms with Gasteiger partial charge in [0, 0.05) is 6.54 Å². The van der Waals surface area contributed by atoms with E-state index in [0.717, 1.165) is 5.56 Å². The highest BCUT2D eigenvalue weighted by Crippen LogP contribution is 2.15. The average Bonchev–Trinajstić information content (AvgIpc) is 2.40. The predicted octanol–water partition coefficient (Wildman–Crippen LogP) is 1.31. The molecule has 0 aliphatic carbocycles. The standard InChI is InChI=1S/C14H18N2O2/c1-3-12-14(18)16(10(2)13(17)15-12)9-11-7-5-4-6-8-11/h4-8,10,12H,3,9H2,1-2H3,(H,15,17)/t10?,12-/m1/s1. The molecule has 1 aromatic carbocycles. The van der Waals surface area contributed by atoms with Gasteiger partial charge in [-0.05, 0) is 18.9 Å². The summed E-state index contributed by atoms with van der Waals surface area (Å²) >= 11 is 0. The van der Waals surface area contributed by atoms with Crippen molar-refractivity contribution < 1.29 is 9.59 Å². The van der Waals surface area contributed by atoms with Gasteiger partial charge in [0.15, 0.2) is 0 Å². The van der Waals surface area contributed by atoms with Crippen LogP contribution in [-0.2, 0) is 16.1 Å². The zero-order chi connectivity index (χ0) is 13.1. The second kappa shape index (κ2) is 5.21. The minimum atomic E-state index is -0.402. The van der Waals surface area contributed by atoms with Gasteiger partial charge in [0.05, 0.1) is 0 Å². The molecule has 1 fully saturated rings. The summed E-state index contributed by atoms with van der Waals surface area (Å²) < 4.78 is 0. The van der Waals surface area contributed by atoms with Crippen LogP contribution >= 0.6 is 0 Å². The normalized spacial score (nSPS) is 24.0. The highest BCUT2D eigenvalue weighted by Gasteiger charge is 2.36. The second-order valence-electron chi connectivity index (χ2n) is 4.60. The van der Waals surface area contributed by atoms with Crippen molar-refractivity contribution in [3.05, 3.63) is 35.9 Å². The lowest BCUT2D eigenvalue weighted by molar-refractivity contribution is -0.149. The zero-order valence-corrected chi connectivity index (χ0v) is 10.7. The van der Waals surface area contributed by atoms with Crippen LogP contribution in [0, 0.1) is 0 Å². The monoisotopic (exact) mass is 246 g/mol. The smallest absolute Gasteiger partial charge is 0.246 e. The van der Waals surface area contributed by atoms with Crippen molar-refractivity contribution in [2.24, 2.45) is 0 Å². The van der Waals surface area contributed by atoms with Crippen molar-refractivity contribution in [3.63, 3.8) is 0 Å². The van der Waals surface area contributed by atoms with Gasteiger partial charge < -0.3 is 10.2 Å². The molecular formula is C14H18N2O2. The van der Waals surface area contributed by atoms with Gasteiger partial charge in [-0.15, -0.1) is 0 Å². The third-order valence-electron chi connectivity index (χ3n) is 3.35. The Bertz CT molecular complexity index is 444. The number of rotatable bonds is 3. The van der Waals surface area contributed by atoms with E-state index < -0.39 is 6.04 Å². The van der Waals surface area contributed by atoms with Gasteiger partial charge in [0.2, 0.25) is 11.8 Å². The molecule has 0 bridgehead atoms. The van der Waals surface area contributed by atoms with E-state index in [1.807, 2.05) is 37.3 Å². The van der Waals surface area contributed by atoms with E-state index in [9.17, 15) is 9.59 Å². The molecule has 2 rings (SSSR count). The van der Waals surface area contributed by atoms with E-state index in [4.69, 9.17) is 0 Å². The number of hydrogen-bond donors (Lipinski definition) is 1. The van der Waals surface area contributed by atoms with Crippen LogP contribution in [0.1, 0.15) is 25.8 Å². The Morgan fingerprint density at radius 3 is 2.50 bits per heavy atom. The molecule has 0 aromatic heterocycles. The average molecular weight is 246 g/mol. The van der Waals surface area contributed by atoms with E-state index >= 15 is 0 Å². The largest absolute Gasteiger partial charge is 0.343 e. The van der Waals surface area contributed by atoms with Crippen LogP contribution in [0.2, 0.25) is 0 Å². The molecule has 1 aromatic rings. The molecule has 2 amide bonds. The molecule has 2 atom stereocenters. The molecule has 1 unspecified atom stereocenters. The summed E-state index contributed by atoms with van der Waals surface area (Å²) in [5.74, 6) is -0.0640. The Morgan fingerprint density at radius 2 is 1.89 bits per heavy atom. The Labute approximate surface area is 107 Å². The predicted molar refractivity (Wildman–Crippen MR) is 68.7 cm³/mol. The molecule has 1 heterocycles. The molecule has 18 heavy (non-hydrogen) atoms. The molecule has 1 aliphatic rings. The summed E-state index contributed by atoms with van der Waals surface area (Å²) in [5.41, 5.74) is 1.04. The quantitative estimate of drug-likeness (QED) is 0.874. The van der Waals surface area contributed by atoms with Gasteiger partial charge in [-0.2, -0.15) is 0 Å². The van der Waals surface area contributed by atoms with Crippen molar-refractivity contribution in [2.75, 3.05) is 0 Å². The molecular weight excluding hydrogens is 228 g/mol. The number of carbonyl (C=O) groups is 2. The fourth-order valence-corrected chi connectivity index (χ4v) is 2.16. The summed E-state index contributed by atoms with van der Waals surface area (Å²) in [4.78, 5) is 25.7. The van der Waals surface area contributed by atoms with E-state index in [0.29, 0.717) is 13.0 Å². The summed E-state index contributed by atoms with van der Waals surface area (Å²) in [6.45, 7) is 4.16. The van der Waals surface area contributed by atoms with Gasteiger partial charge in [0.25, 0.3) is 0 Å². The fraction of sp³-hybridized carbons (Fsp3) is 0.429. The molecule has 0 radical (unpaired) electrons. The van der Waals surface area contributed by atoms with Gasteiger partial charge in [-0.3, -0.25) is 9.59 Å². The molecule has 1 saturated heterocycles. The first-order chi connectivity index (χ1) is 8.63. The second-order valence-corrected chi connectivity index (χ2v) is 4.60. The summed E-state index contributed by atoms with van der Waals surface area (Å²) in [6.07, 6.45) is 0.628. The summed E-state index contributed by atoms with van der Waals surface area (Å²) in [7, 11) is 0. The minimum absolute atomic E-state index is 0.00783. The number of nitrogens with one attached hydrogen (secondary N) is 1. The molecule has 1 N–H and O–H groups in total. The van der Waals surface area contributed by atoms with Crippen LogP contribution in [0.15, 0.2) is 30.3 Å². The van der Waals surface area contributed by atoms with E-state index in [2.05, 4.69) is 5.32 Å². The molecule has 1 aliphatic heterocycles. The van der Waals surface area contributed by atoms with Crippen molar-refractivity contribution in [3.8, 4) is 0 Å². The number of hydrogen-bond acceptors (Lipinski definition) is 2. The Balaban J connectivity index is 2.18. The van der Waals surface area contributed by atoms with Crippen LogP contribution in [0.3, 0.4) is 0 Å². The van der Waals surface area contributed by atoms with Crippen molar-refractivity contribution >= 4 is 11.8 Å². The van der Waals surface area contributed by atoms with Gasteiger partial charge in [0.1, 0.15) is 12.1 Å². The summed E-state index contributed by atoms with van der Waals surface area (Å²) in [6, 6.07) is 8.96. The maximum atomic E-state index is 12.2. The van der Waals surface area contributed by atoms with Gasteiger partial charge in [-0.1, -0.05) is 37.3 Å². The maximum Gasteiger partial charge on any atom is 0.246 e. The lowest BCUT2D eigenvalue weighted by Gasteiger charge is -2.37. The lowest BCUT2D eigenvalue weighted by atomic mass is 10.1. The number of carbonyl (C=O) groups excluding carboxylic acids is 2. The molecule has 0 saturated carbocycles. The zero-order valence-electron chi connectivity index (χ0n) is 10.7. The highest BCUT2D eigenvalue weighted by atomic mass is 16.2. The molecule has 0 spiro atoms. The highest BCUT2D eigenvalue weighted by molar-refractivity contribution is 5.96. The van der Waals surface area contributed by atoms with E-state index in [-0.39, 0.29) is 17.9 Å². The van der Waals surface area contributed by atoms with Gasteiger partial charge in [-0.25, -0.2) is 0 Å². The lowest BCUT2D eigenvalue weighted by Crippen LogP contribution is -2.61. The summed E-state index contributed by atoms with van der Waals surface area (Å²) in [5, 5.41) is 2.75. The third kappa shape index (κ3) is 2.37. The topological polar surface area (TPSA) is 49.4 Å². The van der Waals surface area contributed by atoms with Crippen LogP contribution in [0.25, 0.3) is 0 Å². The van der Waals surface area contributed by atoms with Gasteiger partial charge >= 0.3 is 0 Å².